The van der Waals surface area contributed by atoms with E-state index in [9.17, 15) is 0 Å². The average Bonchev–Trinajstić information content (AvgIpc) is 2.46. The van der Waals surface area contributed by atoms with Crippen molar-refractivity contribution in [2.75, 3.05) is 5.73 Å². The lowest BCUT2D eigenvalue weighted by Crippen LogP contribution is -1.91. The number of anilines is 1. The van der Waals surface area contributed by atoms with Gasteiger partial charge in [0.2, 0.25) is 0 Å². The van der Waals surface area contributed by atoms with Crippen LogP contribution in [0.2, 0.25) is 10.0 Å². The Kier molecular flexibility index (Phi) is 3.74. The zero-order chi connectivity index (χ0) is 14.1. The maximum Gasteiger partial charge on any atom is 0.0723 e. The van der Waals surface area contributed by atoms with Crippen molar-refractivity contribution in [1.29, 1.82) is 0 Å². The highest BCUT2D eigenvalue weighted by atomic mass is 35.5. The number of rotatable bonds is 2. The second kappa shape index (κ2) is 5.52. The van der Waals surface area contributed by atoms with E-state index < -0.39 is 0 Å². The zero-order valence-electron chi connectivity index (χ0n) is 10.3. The van der Waals surface area contributed by atoms with Gasteiger partial charge in [0.15, 0.2) is 0 Å². The Morgan fingerprint density at radius 2 is 1.85 bits per heavy atom. The molecule has 2 aromatic carbocycles. The maximum absolute atomic E-state index is 6.22. The molecular formula is C15H10Cl2N2S. The van der Waals surface area contributed by atoms with E-state index in [-0.39, 0.29) is 0 Å². The molecule has 3 rings (SSSR count). The zero-order valence-corrected chi connectivity index (χ0v) is 12.6. The lowest BCUT2D eigenvalue weighted by Gasteiger charge is -2.09. The van der Waals surface area contributed by atoms with Gasteiger partial charge < -0.3 is 5.73 Å². The Labute approximate surface area is 130 Å². The summed E-state index contributed by atoms with van der Waals surface area (Å²) in [6, 6.07) is 13.1. The molecule has 5 heteroatoms. The van der Waals surface area contributed by atoms with Gasteiger partial charge in [-0.1, -0.05) is 35.0 Å². The number of nitrogen functional groups attached to an aromatic ring is 1. The molecule has 0 unspecified atom stereocenters. The Morgan fingerprint density at radius 1 is 1.00 bits per heavy atom. The molecule has 0 aliphatic heterocycles. The lowest BCUT2D eigenvalue weighted by molar-refractivity contribution is 1.38. The molecular weight excluding hydrogens is 311 g/mol. The van der Waals surface area contributed by atoms with Gasteiger partial charge in [0.05, 0.1) is 16.2 Å². The largest absolute Gasteiger partial charge is 0.397 e. The van der Waals surface area contributed by atoms with Gasteiger partial charge in [-0.05, 0) is 42.5 Å². The van der Waals surface area contributed by atoms with Gasteiger partial charge in [-0.15, -0.1) is 0 Å². The van der Waals surface area contributed by atoms with Gasteiger partial charge in [-0.2, -0.15) is 0 Å². The van der Waals surface area contributed by atoms with Crippen LogP contribution in [-0.2, 0) is 0 Å². The number of benzene rings is 2. The number of hydrogen-bond donors (Lipinski definition) is 1. The number of nitrogens with zero attached hydrogens (tertiary/aromatic N) is 1. The molecule has 100 valence electrons. The molecule has 0 radical (unpaired) electrons. The maximum atomic E-state index is 6.22. The summed E-state index contributed by atoms with van der Waals surface area (Å²) >= 11 is 13.7. The van der Waals surface area contributed by atoms with E-state index in [1.165, 1.54) is 11.8 Å². The molecule has 2 nitrogen and oxygen atoms in total. The van der Waals surface area contributed by atoms with Crippen LogP contribution in [0.5, 0.6) is 0 Å². The Hall–Kier alpha value is -1.42. The summed E-state index contributed by atoms with van der Waals surface area (Å²) in [6.07, 6.45) is 1.75. The minimum absolute atomic E-state index is 0.651. The van der Waals surface area contributed by atoms with E-state index in [4.69, 9.17) is 28.9 Å². The first-order valence-corrected chi connectivity index (χ1v) is 7.48. The van der Waals surface area contributed by atoms with Crippen LogP contribution in [-0.4, -0.2) is 4.98 Å². The molecule has 0 aliphatic rings. The van der Waals surface area contributed by atoms with Crippen LogP contribution in [0.4, 0.5) is 5.69 Å². The fourth-order valence-electron chi connectivity index (χ4n) is 1.92. The molecule has 0 bridgehead atoms. The number of fused-ring (bicyclic) bond motifs is 1. The van der Waals surface area contributed by atoms with Crippen LogP contribution in [0.25, 0.3) is 10.9 Å². The highest BCUT2D eigenvalue weighted by molar-refractivity contribution is 7.99. The summed E-state index contributed by atoms with van der Waals surface area (Å²) in [5.41, 5.74) is 7.80. The molecule has 0 spiro atoms. The SMILES string of the molecule is Nc1c(Sc2cc(Cl)ccc2Cl)ccc2ncccc12. The smallest absolute Gasteiger partial charge is 0.0723 e. The normalized spacial score (nSPS) is 10.9. The van der Waals surface area contributed by atoms with Gasteiger partial charge in [0.25, 0.3) is 0 Å². The fraction of sp³-hybridized carbons (Fsp3) is 0. The van der Waals surface area contributed by atoms with E-state index in [0.29, 0.717) is 15.7 Å². The molecule has 0 amide bonds. The standard InChI is InChI=1S/C15H10Cl2N2S/c16-9-3-4-11(17)14(8-9)20-13-6-5-12-10(15(13)18)2-1-7-19-12/h1-8H,18H2. The molecule has 0 saturated carbocycles. The van der Waals surface area contributed by atoms with Crippen LogP contribution in [0.15, 0.2) is 58.5 Å². The van der Waals surface area contributed by atoms with Crippen molar-refractivity contribution < 1.29 is 0 Å². The van der Waals surface area contributed by atoms with Crippen molar-refractivity contribution >= 4 is 51.6 Å². The first kappa shape index (κ1) is 13.6. The molecule has 0 saturated heterocycles. The number of aromatic nitrogens is 1. The number of halogens is 2. The summed E-state index contributed by atoms with van der Waals surface area (Å²) in [6.45, 7) is 0. The summed E-state index contributed by atoms with van der Waals surface area (Å²) in [5, 5.41) is 2.25. The molecule has 3 aromatic rings. The van der Waals surface area contributed by atoms with E-state index >= 15 is 0 Å². The molecule has 0 atom stereocenters. The predicted octanol–water partition coefficient (Wildman–Crippen LogP) is 5.28. The van der Waals surface area contributed by atoms with Gasteiger partial charge in [-0.3, -0.25) is 4.98 Å². The van der Waals surface area contributed by atoms with Gasteiger partial charge >= 0.3 is 0 Å². The van der Waals surface area contributed by atoms with Crippen molar-refractivity contribution in [2.24, 2.45) is 0 Å². The first-order valence-electron chi connectivity index (χ1n) is 5.91. The van der Waals surface area contributed by atoms with Crippen LogP contribution >= 0.6 is 35.0 Å². The summed E-state index contributed by atoms with van der Waals surface area (Å²) in [5.74, 6) is 0. The van der Waals surface area contributed by atoms with E-state index in [0.717, 1.165) is 20.7 Å². The van der Waals surface area contributed by atoms with Crippen molar-refractivity contribution in [3.05, 3.63) is 58.7 Å². The minimum atomic E-state index is 0.651. The van der Waals surface area contributed by atoms with Crippen LogP contribution in [0.1, 0.15) is 0 Å². The average molecular weight is 321 g/mol. The lowest BCUT2D eigenvalue weighted by atomic mass is 10.2. The van der Waals surface area contributed by atoms with Gasteiger partial charge in [-0.25, -0.2) is 0 Å². The van der Waals surface area contributed by atoms with E-state index in [1.54, 1.807) is 18.3 Å². The topological polar surface area (TPSA) is 38.9 Å². The van der Waals surface area contributed by atoms with Gasteiger partial charge in [0, 0.05) is 26.4 Å². The molecule has 20 heavy (non-hydrogen) atoms. The third-order valence-corrected chi connectivity index (χ3v) is 4.71. The highest BCUT2D eigenvalue weighted by Gasteiger charge is 2.09. The number of nitrogens with two attached hydrogens (primary N) is 1. The quantitative estimate of drug-likeness (QED) is 0.653. The van der Waals surface area contributed by atoms with Crippen LogP contribution in [0.3, 0.4) is 0 Å². The fourth-order valence-corrected chi connectivity index (χ4v) is 3.33. The van der Waals surface area contributed by atoms with Crippen LogP contribution in [0, 0.1) is 0 Å². The summed E-state index contributed by atoms with van der Waals surface area (Å²) < 4.78 is 0. The Bertz CT molecular complexity index is 790. The van der Waals surface area contributed by atoms with Crippen molar-refractivity contribution in [3.8, 4) is 0 Å². The molecule has 0 aliphatic carbocycles. The number of pyridine rings is 1. The third kappa shape index (κ3) is 2.57. The monoisotopic (exact) mass is 320 g/mol. The van der Waals surface area contributed by atoms with Crippen molar-refractivity contribution in [2.45, 2.75) is 9.79 Å². The highest BCUT2D eigenvalue weighted by Crippen LogP contribution is 2.39. The second-order valence-electron chi connectivity index (χ2n) is 4.22. The molecule has 0 fully saturated rings. The van der Waals surface area contributed by atoms with Gasteiger partial charge in [0.1, 0.15) is 0 Å². The Balaban J connectivity index is 2.07. The number of hydrogen-bond acceptors (Lipinski definition) is 3. The summed E-state index contributed by atoms with van der Waals surface area (Å²) in [4.78, 5) is 6.11. The Morgan fingerprint density at radius 3 is 2.70 bits per heavy atom. The molecule has 1 heterocycles. The third-order valence-electron chi connectivity index (χ3n) is 2.90. The van der Waals surface area contributed by atoms with Crippen molar-refractivity contribution in [1.82, 2.24) is 4.98 Å². The minimum Gasteiger partial charge on any atom is -0.397 e. The predicted molar refractivity (Wildman–Crippen MR) is 86.7 cm³/mol. The van der Waals surface area contributed by atoms with E-state index in [1.807, 2.05) is 30.3 Å². The summed E-state index contributed by atoms with van der Waals surface area (Å²) in [7, 11) is 0. The van der Waals surface area contributed by atoms with Crippen LogP contribution < -0.4 is 5.73 Å². The van der Waals surface area contributed by atoms with Crippen molar-refractivity contribution in [3.63, 3.8) is 0 Å². The molecule has 2 N–H and O–H groups in total. The molecule has 1 aromatic heterocycles. The second-order valence-corrected chi connectivity index (χ2v) is 6.15. The first-order chi connectivity index (χ1) is 9.65. The van der Waals surface area contributed by atoms with E-state index in [2.05, 4.69) is 4.98 Å².